The number of benzene rings is 1. The number of ether oxygens (including phenoxy) is 3. The molecule has 0 radical (unpaired) electrons. The highest BCUT2D eigenvalue weighted by atomic mass is 16.5. The van der Waals surface area contributed by atoms with Gasteiger partial charge in [-0.2, -0.15) is 0 Å². The average molecular weight is 277 g/mol. The van der Waals surface area contributed by atoms with Gasteiger partial charge in [-0.3, -0.25) is 14.9 Å². The zero-order valence-corrected chi connectivity index (χ0v) is 11.3. The normalized spacial score (nSPS) is 14.0. The van der Waals surface area contributed by atoms with E-state index in [-0.39, 0.29) is 13.2 Å². The summed E-state index contributed by atoms with van der Waals surface area (Å²) in [4.78, 5) is 22.3. The van der Waals surface area contributed by atoms with Crippen molar-refractivity contribution in [3.63, 3.8) is 0 Å². The van der Waals surface area contributed by atoms with E-state index in [4.69, 9.17) is 14.2 Å². The van der Waals surface area contributed by atoms with E-state index in [9.17, 15) is 9.59 Å². The number of amides is 2. The van der Waals surface area contributed by atoms with Gasteiger partial charge in [-0.25, -0.2) is 0 Å². The fourth-order valence-electron chi connectivity index (χ4n) is 1.79. The number of rotatable bonds is 6. The van der Waals surface area contributed by atoms with E-state index >= 15 is 0 Å². The van der Waals surface area contributed by atoms with Gasteiger partial charge in [0.1, 0.15) is 11.5 Å². The van der Waals surface area contributed by atoms with Crippen LogP contribution in [0, 0.1) is 0 Å². The molecule has 0 bridgehead atoms. The van der Waals surface area contributed by atoms with Gasteiger partial charge in [-0.1, -0.05) is 0 Å². The largest absolute Gasteiger partial charge is 0.497 e. The Kier molecular flexibility index (Phi) is 4.37. The molecule has 106 valence electrons. The predicted octanol–water partition coefficient (Wildman–Crippen LogP) is 0.803. The second-order valence-corrected chi connectivity index (χ2v) is 4.20. The van der Waals surface area contributed by atoms with Crippen molar-refractivity contribution in [3.8, 4) is 11.5 Å². The van der Waals surface area contributed by atoms with Crippen LogP contribution in [-0.4, -0.2) is 32.6 Å². The molecule has 0 aliphatic carbocycles. The predicted molar refractivity (Wildman–Crippen MR) is 70.4 cm³/mol. The van der Waals surface area contributed by atoms with Crippen LogP contribution in [0.15, 0.2) is 29.8 Å². The third-order valence-electron chi connectivity index (χ3n) is 2.77. The summed E-state index contributed by atoms with van der Waals surface area (Å²) in [6.07, 6.45) is 1.24. The molecular formula is C14H15NO5. The quantitative estimate of drug-likeness (QED) is 0.779. The molecule has 0 saturated carbocycles. The topological polar surface area (TPSA) is 73.9 Å². The summed E-state index contributed by atoms with van der Waals surface area (Å²) >= 11 is 0. The fourth-order valence-corrected chi connectivity index (χ4v) is 1.79. The van der Waals surface area contributed by atoms with Crippen molar-refractivity contribution < 1.29 is 23.8 Å². The molecule has 0 aromatic heterocycles. The van der Waals surface area contributed by atoms with Gasteiger partial charge in [0.2, 0.25) is 0 Å². The number of nitrogens with one attached hydrogen (secondary N) is 1. The molecule has 0 atom stereocenters. The van der Waals surface area contributed by atoms with Crippen LogP contribution in [-0.2, 0) is 20.9 Å². The van der Waals surface area contributed by atoms with Gasteiger partial charge < -0.3 is 14.2 Å². The number of hydrogen-bond acceptors (Lipinski definition) is 5. The Balaban J connectivity index is 1.95. The first-order valence-corrected chi connectivity index (χ1v) is 5.98. The minimum Gasteiger partial charge on any atom is -0.497 e. The van der Waals surface area contributed by atoms with E-state index in [1.165, 1.54) is 6.08 Å². The Morgan fingerprint density at radius 3 is 2.15 bits per heavy atom. The molecule has 20 heavy (non-hydrogen) atoms. The maximum atomic E-state index is 11.3. The van der Waals surface area contributed by atoms with E-state index in [0.29, 0.717) is 17.1 Å². The lowest BCUT2D eigenvalue weighted by atomic mass is 10.2. The maximum Gasteiger partial charge on any atom is 0.256 e. The van der Waals surface area contributed by atoms with Crippen LogP contribution in [0.2, 0.25) is 0 Å². The minimum atomic E-state index is -0.406. The average Bonchev–Trinajstić information content (AvgIpc) is 2.76. The Morgan fingerprint density at radius 2 is 1.65 bits per heavy atom. The van der Waals surface area contributed by atoms with E-state index in [2.05, 4.69) is 5.32 Å². The molecular weight excluding hydrogens is 262 g/mol. The molecule has 6 heteroatoms. The lowest BCUT2D eigenvalue weighted by Gasteiger charge is -2.09. The van der Waals surface area contributed by atoms with E-state index in [1.54, 1.807) is 20.3 Å². The van der Waals surface area contributed by atoms with Crippen LogP contribution in [0.5, 0.6) is 11.5 Å². The summed E-state index contributed by atoms with van der Waals surface area (Å²) in [7, 11) is 3.14. The van der Waals surface area contributed by atoms with Gasteiger partial charge in [-0.15, -0.1) is 0 Å². The third kappa shape index (κ3) is 3.36. The lowest BCUT2D eigenvalue weighted by molar-refractivity contribution is -0.124. The van der Waals surface area contributed by atoms with Crippen LogP contribution < -0.4 is 14.8 Å². The molecule has 2 amide bonds. The highest BCUT2D eigenvalue weighted by molar-refractivity contribution is 6.16. The van der Waals surface area contributed by atoms with Gasteiger partial charge in [0.15, 0.2) is 0 Å². The first-order chi connectivity index (χ1) is 9.62. The maximum absolute atomic E-state index is 11.3. The Hall–Kier alpha value is -2.34. The van der Waals surface area contributed by atoms with Crippen molar-refractivity contribution in [3.05, 3.63) is 35.4 Å². The van der Waals surface area contributed by atoms with Gasteiger partial charge in [-0.05, 0) is 17.7 Å². The smallest absolute Gasteiger partial charge is 0.256 e. The molecule has 1 aliphatic heterocycles. The third-order valence-corrected chi connectivity index (χ3v) is 2.77. The van der Waals surface area contributed by atoms with E-state index < -0.39 is 11.8 Å². The van der Waals surface area contributed by atoms with Gasteiger partial charge in [0.05, 0.1) is 27.4 Å². The first kappa shape index (κ1) is 14.1. The van der Waals surface area contributed by atoms with E-state index in [1.807, 2.05) is 12.1 Å². The molecule has 1 aromatic carbocycles. The zero-order chi connectivity index (χ0) is 14.5. The summed E-state index contributed by atoms with van der Waals surface area (Å²) in [5, 5.41) is 2.16. The first-order valence-electron chi connectivity index (χ1n) is 5.98. The van der Waals surface area contributed by atoms with E-state index in [0.717, 1.165) is 5.56 Å². The fraction of sp³-hybridized carbons (Fsp3) is 0.286. The van der Waals surface area contributed by atoms with Crippen molar-refractivity contribution >= 4 is 11.8 Å². The van der Waals surface area contributed by atoms with Crippen LogP contribution in [0.3, 0.4) is 0 Å². The molecule has 1 aliphatic rings. The highest BCUT2D eigenvalue weighted by Crippen LogP contribution is 2.23. The molecule has 1 heterocycles. The Labute approximate surface area is 116 Å². The zero-order valence-electron chi connectivity index (χ0n) is 11.3. The highest BCUT2D eigenvalue weighted by Gasteiger charge is 2.20. The van der Waals surface area contributed by atoms with Crippen molar-refractivity contribution in [2.75, 3.05) is 20.8 Å². The second kappa shape index (κ2) is 6.21. The summed E-state index contributed by atoms with van der Waals surface area (Å²) in [5.74, 6) is 0.516. The molecule has 6 nitrogen and oxygen atoms in total. The number of hydrogen-bond donors (Lipinski definition) is 1. The monoisotopic (exact) mass is 277 g/mol. The number of methoxy groups -OCH3 is 2. The Morgan fingerprint density at radius 1 is 1.00 bits per heavy atom. The summed E-state index contributed by atoms with van der Waals surface area (Å²) in [5.41, 5.74) is 1.18. The minimum absolute atomic E-state index is 0.0805. The molecule has 1 N–H and O–H groups in total. The van der Waals surface area contributed by atoms with Crippen molar-refractivity contribution in [2.24, 2.45) is 0 Å². The standard InChI is InChI=1S/C14H15NO5/c1-18-11-3-9(4-12(6-11)19-2)7-20-8-10-5-13(16)15-14(10)17/h3-6H,7-8H2,1-2H3,(H,15,16,17). The SMILES string of the molecule is COc1cc(COCC2=CC(=O)NC2=O)cc(OC)c1. The van der Waals surface area contributed by atoms with Gasteiger partial charge in [0.25, 0.3) is 11.8 Å². The van der Waals surface area contributed by atoms with Crippen molar-refractivity contribution in [1.82, 2.24) is 5.32 Å². The molecule has 0 saturated heterocycles. The van der Waals surface area contributed by atoms with Crippen molar-refractivity contribution in [1.29, 1.82) is 0 Å². The summed E-state index contributed by atoms with van der Waals surface area (Å²) in [6, 6.07) is 5.39. The number of carbonyl (C=O) groups excluding carboxylic acids is 2. The lowest BCUT2D eigenvalue weighted by Crippen LogP contribution is -2.23. The summed E-state index contributed by atoms with van der Waals surface area (Å²) < 4.78 is 15.7. The molecule has 2 rings (SSSR count). The summed E-state index contributed by atoms with van der Waals surface area (Å²) in [6.45, 7) is 0.365. The Bertz CT molecular complexity index is 542. The molecule has 0 unspecified atom stereocenters. The molecule has 0 spiro atoms. The van der Waals surface area contributed by atoms with Crippen LogP contribution in [0.4, 0.5) is 0 Å². The number of carbonyl (C=O) groups is 2. The van der Waals surface area contributed by atoms with Crippen LogP contribution in [0.25, 0.3) is 0 Å². The molecule has 1 aromatic rings. The van der Waals surface area contributed by atoms with Gasteiger partial charge >= 0.3 is 0 Å². The number of imide groups is 1. The second-order valence-electron chi connectivity index (χ2n) is 4.20. The van der Waals surface area contributed by atoms with Crippen LogP contribution >= 0.6 is 0 Å². The van der Waals surface area contributed by atoms with Gasteiger partial charge in [0, 0.05) is 17.7 Å². The molecule has 0 fully saturated rings. The van der Waals surface area contributed by atoms with Crippen molar-refractivity contribution in [2.45, 2.75) is 6.61 Å². The van der Waals surface area contributed by atoms with Crippen LogP contribution in [0.1, 0.15) is 5.56 Å².